The van der Waals surface area contributed by atoms with Crippen molar-refractivity contribution < 1.29 is 4.79 Å². The van der Waals surface area contributed by atoms with Crippen LogP contribution in [0, 0.1) is 0 Å². The molecule has 5 heteroatoms. The monoisotopic (exact) mass is 334 g/mol. The van der Waals surface area contributed by atoms with Gasteiger partial charge in [-0.25, -0.2) is 0 Å². The van der Waals surface area contributed by atoms with Gasteiger partial charge in [-0.05, 0) is 24.1 Å². The number of aryl methyl sites for hydroxylation is 2. The van der Waals surface area contributed by atoms with Crippen LogP contribution in [0.5, 0.6) is 0 Å². The van der Waals surface area contributed by atoms with E-state index in [4.69, 9.17) is 0 Å². The number of aromatic nitrogens is 3. The number of hydrogen-bond donors (Lipinski definition) is 1. The summed E-state index contributed by atoms with van der Waals surface area (Å²) in [5, 5.41) is 7.36. The van der Waals surface area contributed by atoms with Crippen LogP contribution in [0.4, 0.5) is 5.82 Å². The van der Waals surface area contributed by atoms with Crippen molar-refractivity contribution in [3.8, 4) is 0 Å². The summed E-state index contributed by atoms with van der Waals surface area (Å²) in [6, 6.07) is 17.5. The van der Waals surface area contributed by atoms with Crippen molar-refractivity contribution in [3.05, 3.63) is 78.2 Å². The average molecular weight is 334 g/mol. The van der Waals surface area contributed by atoms with Crippen molar-refractivity contribution in [3.63, 3.8) is 0 Å². The van der Waals surface area contributed by atoms with Crippen molar-refractivity contribution >= 4 is 11.7 Å². The number of amides is 1. The molecule has 0 saturated carbocycles. The second-order valence-corrected chi connectivity index (χ2v) is 5.90. The van der Waals surface area contributed by atoms with E-state index in [1.165, 1.54) is 0 Å². The minimum absolute atomic E-state index is 0.0244. The Hall–Kier alpha value is -2.95. The number of carbonyl (C=O) groups excluding carboxylic acids is 1. The van der Waals surface area contributed by atoms with Crippen LogP contribution in [0.25, 0.3) is 0 Å². The van der Waals surface area contributed by atoms with Gasteiger partial charge in [0, 0.05) is 37.1 Å². The first kappa shape index (κ1) is 16.9. The van der Waals surface area contributed by atoms with Crippen molar-refractivity contribution in [2.45, 2.75) is 32.2 Å². The summed E-state index contributed by atoms with van der Waals surface area (Å²) < 4.78 is 1.83. The summed E-state index contributed by atoms with van der Waals surface area (Å²) in [6.07, 6.45) is 5.22. The molecule has 0 aliphatic rings. The predicted molar refractivity (Wildman–Crippen MR) is 98.3 cm³/mol. The molecule has 0 unspecified atom stereocenters. The average Bonchev–Trinajstić information content (AvgIpc) is 3.10. The number of benzene rings is 1. The molecule has 0 aliphatic heterocycles. The van der Waals surface area contributed by atoms with Crippen LogP contribution in [0.15, 0.2) is 67.0 Å². The summed E-state index contributed by atoms with van der Waals surface area (Å²) in [4.78, 5) is 16.9. The molecule has 0 spiro atoms. The highest BCUT2D eigenvalue weighted by Gasteiger charge is 2.19. The third kappa shape index (κ3) is 4.53. The van der Waals surface area contributed by atoms with Gasteiger partial charge in [-0.1, -0.05) is 43.3 Å². The summed E-state index contributed by atoms with van der Waals surface area (Å²) in [6.45, 7) is 2.74. The number of carbonyl (C=O) groups is 1. The van der Waals surface area contributed by atoms with Crippen LogP contribution < -0.4 is 5.32 Å². The predicted octanol–water partition coefficient (Wildman–Crippen LogP) is 3.65. The van der Waals surface area contributed by atoms with E-state index in [0.717, 1.165) is 30.6 Å². The zero-order valence-electron chi connectivity index (χ0n) is 14.3. The Balaban J connectivity index is 1.59. The molecule has 0 fully saturated rings. The number of pyridine rings is 1. The molecule has 1 N–H and O–H groups in total. The van der Waals surface area contributed by atoms with Crippen LogP contribution in [0.2, 0.25) is 0 Å². The molecule has 1 amide bonds. The number of nitrogens with one attached hydrogen (secondary N) is 1. The first-order valence-corrected chi connectivity index (χ1v) is 8.55. The molecule has 128 valence electrons. The molecule has 5 nitrogen and oxygen atoms in total. The van der Waals surface area contributed by atoms with Gasteiger partial charge in [0.2, 0.25) is 5.91 Å². The molecular weight excluding hydrogens is 312 g/mol. The Labute approximate surface area is 147 Å². The van der Waals surface area contributed by atoms with Gasteiger partial charge in [-0.3, -0.25) is 14.5 Å². The second kappa shape index (κ2) is 8.24. The van der Waals surface area contributed by atoms with Crippen LogP contribution >= 0.6 is 0 Å². The minimum atomic E-state index is -0.167. The van der Waals surface area contributed by atoms with E-state index in [2.05, 4.69) is 15.4 Å². The largest absolute Gasteiger partial charge is 0.309 e. The molecule has 2 heterocycles. The third-order valence-electron chi connectivity index (χ3n) is 4.14. The van der Waals surface area contributed by atoms with Crippen molar-refractivity contribution in [2.75, 3.05) is 5.32 Å². The topological polar surface area (TPSA) is 59.8 Å². The first-order chi connectivity index (χ1) is 12.3. The Morgan fingerprint density at radius 1 is 1.12 bits per heavy atom. The summed E-state index contributed by atoms with van der Waals surface area (Å²) in [5.41, 5.74) is 2.05. The van der Waals surface area contributed by atoms with Gasteiger partial charge >= 0.3 is 0 Å². The lowest BCUT2D eigenvalue weighted by Gasteiger charge is -2.14. The molecule has 3 rings (SSSR count). The van der Waals surface area contributed by atoms with Crippen LogP contribution in [-0.4, -0.2) is 20.7 Å². The van der Waals surface area contributed by atoms with Gasteiger partial charge in [0.1, 0.15) is 0 Å². The molecule has 3 aromatic rings. The highest BCUT2D eigenvalue weighted by molar-refractivity contribution is 5.95. The summed E-state index contributed by atoms with van der Waals surface area (Å²) in [7, 11) is 0. The summed E-state index contributed by atoms with van der Waals surface area (Å²) in [5.74, 6) is 0.393. The summed E-state index contributed by atoms with van der Waals surface area (Å²) >= 11 is 0. The van der Waals surface area contributed by atoms with Gasteiger partial charge < -0.3 is 5.32 Å². The van der Waals surface area contributed by atoms with E-state index in [-0.39, 0.29) is 11.8 Å². The van der Waals surface area contributed by atoms with E-state index < -0.39 is 0 Å². The molecule has 0 saturated heterocycles. The zero-order valence-corrected chi connectivity index (χ0v) is 14.3. The van der Waals surface area contributed by atoms with E-state index >= 15 is 0 Å². The van der Waals surface area contributed by atoms with Gasteiger partial charge in [0.05, 0.1) is 5.92 Å². The third-order valence-corrected chi connectivity index (χ3v) is 4.14. The molecular formula is C20H22N4O. The lowest BCUT2D eigenvalue weighted by Crippen LogP contribution is -2.21. The molecule has 0 radical (unpaired) electrons. The van der Waals surface area contributed by atoms with Crippen molar-refractivity contribution in [1.82, 2.24) is 14.8 Å². The first-order valence-electron chi connectivity index (χ1n) is 8.55. The SMILES string of the molecule is CC[C@@H](C(=O)Nc1ccn(CCc2ccccn2)n1)c1ccccc1. The number of nitrogens with zero attached hydrogens (tertiary/aromatic N) is 3. The molecule has 0 bridgehead atoms. The second-order valence-electron chi connectivity index (χ2n) is 5.90. The van der Waals surface area contributed by atoms with Gasteiger partial charge in [0.15, 0.2) is 5.82 Å². The fourth-order valence-corrected chi connectivity index (χ4v) is 2.80. The van der Waals surface area contributed by atoms with Crippen molar-refractivity contribution in [2.24, 2.45) is 0 Å². The minimum Gasteiger partial charge on any atom is -0.309 e. The van der Waals surface area contributed by atoms with E-state index in [1.54, 1.807) is 6.20 Å². The van der Waals surface area contributed by atoms with Gasteiger partial charge in [-0.2, -0.15) is 5.10 Å². The lowest BCUT2D eigenvalue weighted by molar-refractivity contribution is -0.117. The highest BCUT2D eigenvalue weighted by atomic mass is 16.2. The van der Waals surface area contributed by atoms with Crippen LogP contribution in [-0.2, 0) is 17.8 Å². The standard InChI is InChI=1S/C20H22N4O/c1-2-18(16-8-4-3-5-9-16)20(25)22-19-12-15-24(23-19)14-11-17-10-6-7-13-21-17/h3-10,12-13,15,18H,2,11,14H2,1H3,(H,22,23,25)/t18-/m1/s1. The Morgan fingerprint density at radius 3 is 2.64 bits per heavy atom. The maximum Gasteiger partial charge on any atom is 0.233 e. The van der Waals surface area contributed by atoms with E-state index in [0.29, 0.717) is 5.82 Å². The Bertz CT molecular complexity index is 799. The molecule has 0 aliphatic carbocycles. The van der Waals surface area contributed by atoms with E-state index in [9.17, 15) is 4.79 Å². The molecule has 2 aromatic heterocycles. The van der Waals surface area contributed by atoms with Gasteiger partial charge in [-0.15, -0.1) is 0 Å². The van der Waals surface area contributed by atoms with Crippen LogP contribution in [0.1, 0.15) is 30.5 Å². The lowest BCUT2D eigenvalue weighted by atomic mass is 9.96. The Kier molecular flexibility index (Phi) is 5.57. The molecule has 1 atom stereocenters. The zero-order chi connectivity index (χ0) is 17.5. The number of rotatable bonds is 7. The quantitative estimate of drug-likeness (QED) is 0.717. The molecule has 1 aromatic carbocycles. The van der Waals surface area contributed by atoms with Crippen LogP contribution in [0.3, 0.4) is 0 Å². The smallest absolute Gasteiger partial charge is 0.233 e. The maximum atomic E-state index is 12.6. The molecule has 25 heavy (non-hydrogen) atoms. The normalized spacial score (nSPS) is 11.9. The Morgan fingerprint density at radius 2 is 1.92 bits per heavy atom. The van der Waals surface area contributed by atoms with Crippen molar-refractivity contribution in [1.29, 1.82) is 0 Å². The van der Waals surface area contributed by atoms with Gasteiger partial charge in [0.25, 0.3) is 0 Å². The maximum absolute atomic E-state index is 12.6. The number of anilines is 1. The van der Waals surface area contributed by atoms with E-state index in [1.807, 2.05) is 72.4 Å². The highest BCUT2D eigenvalue weighted by Crippen LogP contribution is 2.21. The fourth-order valence-electron chi connectivity index (χ4n) is 2.80. The number of hydrogen-bond acceptors (Lipinski definition) is 3. The fraction of sp³-hybridized carbons (Fsp3) is 0.250.